The smallest absolute Gasteiger partial charge is 0.127 e. The van der Waals surface area contributed by atoms with E-state index in [-0.39, 0.29) is 24.1 Å². The standard InChI is InChI=1S/C15H23FN2O/c1-11-8-18(10-15(2,3)19-11)9-12-4-5-14(16)13(6-12)7-17/h4-6,11H,7-10,17H2,1-3H3. The Morgan fingerprint density at radius 1 is 1.47 bits per heavy atom. The fourth-order valence-electron chi connectivity index (χ4n) is 2.85. The zero-order chi connectivity index (χ0) is 14.0. The van der Waals surface area contributed by atoms with Crippen LogP contribution in [0.15, 0.2) is 18.2 Å². The molecule has 1 aromatic rings. The number of nitrogens with two attached hydrogens (primary N) is 1. The van der Waals surface area contributed by atoms with Crippen molar-refractivity contribution in [3.63, 3.8) is 0 Å². The van der Waals surface area contributed by atoms with Crippen LogP contribution in [0, 0.1) is 5.82 Å². The summed E-state index contributed by atoms with van der Waals surface area (Å²) < 4.78 is 19.3. The molecule has 0 radical (unpaired) electrons. The van der Waals surface area contributed by atoms with Gasteiger partial charge >= 0.3 is 0 Å². The van der Waals surface area contributed by atoms with Crippen LogP contribution in [0.25, 0.3) is 0 Å². The molecule has 19 heavy (non-hydrogen) atoms. The van der Waals surface area contributed by atoms with E-state index < -0.39 is 0 Å². The van der Waals surface area contributed by atoms with Crippen LogP contribution in [0.3, 0.4) is 0 Å². The quantitative estimate of drug-likeness (QED) is 0.912. The molecule has 1 aliphatic heterocycles. The predicted molar refractivity (Wildman–Crippen MR) is 74.2 cm³/mol. The summed E-state index contributed by atoms with van der Waals surface area (Å²) >= 11 is 0. The number of morpholine rings is 1. The van der Waals surface area contributed by atoms with Gasteiger partial charge in [0.2, 0.25) is 0 Å². The summed E-state index contributed by atoms with van der Waals surface area (Å²) in [5.41, 5.74) is 7.10. The molecule has 0 bridgehead atoms. The number of ether oxygens (including phenoxy) is 1. The van der Waals surface area contributed by atoms with Gasteiger partial charge < -0.3 is 10.5 Å². The Morgan fingerprint density at radius 2 is 2.21 bits per heavy atom. The van der Waals surface area contributed by atoms with Gasteiger partial charge in [-0.25, -0.2) is 4.39 Å². The topological polar surface area (TPSA) is 38.5 Å². The lowest BCUT2D eigenvalue weighted by atomic mass is 10.0. The number of hydrogen-bond acceptors (Lipinski definition) is 3. The molecule has 0 spiro atoms. The Labute approximate surface area is 114 Å². The van der Waals surface area contributed by atoms with Gasteiger partial charge in [0.1, 0.15) is 5.82 Å². The summed E-state index contributed by atoms with van der Waals surface area (Å²) in [4.78, 5) is 2.35. The SMILES string of the molecule is CC1CN(Cc2ccc(F)c(CN)c2)CC(C)(C)O1. The van der Waals surface area contributed by atoms with Crippen LogP contribution in [-0.2, 0) is 17.8 Å². The summed E-state index contributed by atoms with van der Waals surface area (Å²) in [5.74, 6) is -0.220. The molecule has 1 saturated heterocycles. The first-order valence-corrected chi connectivity index (χ1v) is 6.77. The van der Waals surface area contributed by atoms with Gasteiger partial charge in [0.05, 0.1) is 11.7 Å². The van der Waals surface area contributed by atoms with Crippen molar-refractivity contribution in [1.29, 1.82) is 0 Å². The van der Waals surface area contributed by atoms with Gasteiger partial charge in [0.15, 0.2) is 0 Å². The second kappa shape index (κ2) is 5.57. The number of benzene rings is 1. The first-order chi connectivity index (χ1) is 8.89. The van der Waals surface area contributed by atoms with Crippen molar-refractivity contribution in [2.45, 2.75) is 45.6 Å². The normalized spacial score (nSPS) is 23.5. The van der Waals surface area contributed by atoms with Crippen molar-refractivity contribution >= 4 is 0 Å². The predicted octanol–water partition coefficient (Wildman–Crippen LogP) is 2.28. The Kier molecular flexibility index (Phi) is 4.23. The molecule has 0 aromatic heterocycles. The number of halogens is 1. The summed E-state index contributed by atoms with van der Waals surface area (Å²) in [5, 5.41) is 0. The van der Waals surface area contributed by atoms with E-state index in [4.69, 9.17) is 10.5 Å². The molecule has 0 saturated carbocycles. The first-order valence-electron chi connectivity index (χ1n) is 6.77. The largest absolute Gasteiger partial charge is 0.370 e. The van der Waals surface area contributed by atoms with Crippen molar-refractivity contribution in [3.8, 4) is 0 Å². The van der Waals surface area contributed by atoms with E-state index >= 15 is 0 Å². The van der Waals surface area contributed by atoms with E-state index in [0.29, 0.717) is 5.56 Å². The maximum atomic E-state index is 13.4. The molecule has 1 heterocycles. The Balaban J connectivity index is 2.08. The lowest BCUT2D eigenvalue weighted by Gasteiger charge is -2.41. The first kappa shape index (κ1) is 14.4. The zero-order valence-electron chi connectivity index (χ0n) is 11.9. The highest BCUT2D eigenvalue weighted by Gasteiger charge is 2.31. The van der Waals surface area contributed by atoms with Crippen LogP contribution in [0.4, 0.5) is 4.39 Å². The molecular formula is C15H23FN2O. The zero-order valence-corrected chi connectivity index (χ0v) is 11.9. The molecule has 4 heteroatoms. The van der Waals surface area contributed by atoms with Gasteiger partial charge in [0.25, 0.3) is 0 Å². The molecule has 1 atom stereocenters. The average Bonchev–Trinajstić information content (AvgIpc) is 2.29. The number of nitrogens with zero attached hydrogens (tertiary/aromatic N) is 1. The molecule has 0 amide bonds. The van der Waals surface area contributed by atoms with E-state index in [0.717, 1.165) is 25.2 Å². The minimum atomic E-state index is -0.220. The van der Waals surface area contributed by atoms with E-state index in [9.17, 15) is 4.39 Å². The molecular weight excluding hydrogens is 243 g/mol. The number of rotatable bonds is 3. The van der Waals surface area contributed by atoms with Gasteiger partial charge in [-0.15, -0.1) is 0 Å². The third-order valence-electron chi connectivity index (χ3n) is 3.38. The highest BCUT2D eigenvalue weighted by molar-refractivity contribution is 5.25. The third kappa shape index (κ3) is 3.75. The van der Waals surface area contributed by atoms with Gasteiger partial charge in [-0.05, 0) is 32.4 Å². The lowest BCUT2D eigenvalue weighted by Crippen LogP contribution is -2.51. The second-order valence-electron chi connectivity index (χ2n) is 5.99. The van der Waals surface area contributed by atoms with E-state index in [2.05, 4.69) is 25.7 Å². The van der Waals surface area contributed by atoms with Crippen LogP contribution in [0.2, 0.25) is 0 Å². The third-order valence-corrected chi connectivity index (χ3v) is 3.38. The molecule has 106 valence electrons. The minimum Gasteiger partial charge on any atom is -0.370 e. The van der Waals surface area contributed by atoms with Crippen molar-refractivity contribution in [3.05, 3.63) is 35.1 Å². The van der Waals surface area contributed by atoms with E-state index in [1.807, 2.05) is 12.1 Å². The Hall–Kier alpha value is -0.970. The minimum absolute atomic E-state index is 0.131. The molecule has 1 aromatic carbocycles. The highest BCUT2D eigenvalue weighted by Crippen LogP contribution is 2.22. The van der Waals surface area contributed by atoms with Crippen molar-refractivity contribution in [2.24, 2.45) is 5.73 Å². The van der Waals surface area contributed by atoms with Crippen molar-refractivity contribution in [1.82, 2.24) is 4.90 Å². The fraction of sp³-hybridized carbons (Fsp3) is 0.600. The van der Waals surface area contributed by atoms with Crippen LogP contribution in [-0.4, -0.2) is 29.7 Å². The summed E-state index contributed by atoms with van der Waals surface area (Å²) in [6, 6.07) is 5.20. The lowest BCUT2D eigenvalue weighted by molar-refractivity contribution is -0.130. The Bertz CT molecular complexity index is 448. The van der Waals surface area contributed by atoms with Crippen LogP contribution < -0.4 is 5.73 Å². The van der Waals surface area contributed by atoms with Crippen LogP contribution in [0.5, 0.6) is 0 Å². The molecule has 3 nitrogen and oxygen atoms in total. The monoisotopic (exact) mass is 266 g/mol. The van der Waals surface area contributed by atoms with E-state index in [1.165, 1.54) is 6.07 Å². The highest BCUT2D eigenvalue weighted by atomic mass is 19.1. The summed E-state index contributed by atoms with van der Waals surface area (Å²) in [6.07, 6.45) is 0.221. The fourth-order valence-corrected chi connectivity index (χ4v) is 2.85. The molecule has 1 aliphatic rings. The van der Waals surface area contributed by atoms with Gasteiger partial charge in [0, 0.05) is 31.7 Å². The van der Waals surface area contributed by atoms with Gasteiger partial charge in [-0.3, -0.25) is 4.90 Å². The second-order valence-corrected chi connectivity index (χ2v) is 5.99. The summed E-state index contributed by atoms with van der Waals surface area (Å²) in [7, 11) is 0. The van der Waals surface area contributed by atoms with Crippen LogP contribution >= 0.6 is 0 Å². The number of hydrogen-bond donors (Lipinski definition) is 1. The average molecular weight is 266 g/mol. The van der Waals surface area contributed by atoms with Gasteiger partial charge in [-0.2, -0.15) is 0 Å². The molecule has 2 rings (SSSR count). The van der Waals surface area contributed by atoms with Crippen molar-refractivity contribution in [2.75, 3.05) is 13.1 Å². The van der Waals surface area contributed by atoms with E-state index in [1.54, 1.807) is 0 Å². The van der Waals surface area contributed by atoms with Gasteiger partial charge in [-0.1, -0.05) is 12.1 Å². The molecule has 2 N–H and O–H groups in total. The maximum absolute atomic E-state index is 13.4. The summed E-state index contributed by atoms with van der Waals surface area (Å²) in [6.45, 7) is 9.13. The van der Waals surface area contributed by atoms with Crippen LogP contribution in [0.1, 0.15) is 31.9 Å². The molecule has 0 aliphatic carbocycles. The molecule has 1 unspecified atom stereocenters. The van der Waals surface area contributed by atoms with Crippen molar-refractivity contribution < 1.29 is 9.13 Å². The molecule has 1 fully saturated rings. The maximum Gasteiger partial charge on any atom is 0.127 e. The Morgan fingerprint density at radius 3 is 2.84 bits per heavy atom.